The fourth-order valence-electron chi connectivity index (χ4n) is 3.29. The van der Waals surface area contributed by atoms with Gasteiger partial charge in [0.05, 0.1) is 21.3 Å². The minimum atomic E-state index is 0.391. The second kappa shape index (κ2) is 9.84. The number of allylic oxidation sites excluding steroid dienone is 2. The van der Waals surface area contributed by atoms with Crippen LogP contribution in [0, 0.1) is 5.41 Å². The number of nitrogens with zero attached hydrogens (tertiary/aromatic N) is 1. The number of rotatable bonds is 8. The Labute approximate surface area is 183 Å². The van der Waals surface area contributed by atoms with Gasteiger partial charge in [0, 0.05) is 23.5 Å². The van der Waals surface area contributed by atoms with Crippen molar-refractivity contribution < 1.29 is 14.2 Å². The second-order valence-corrected chi connectivity index (χ2v) is 7.06. The van der Waals surface area contributed by atoms with Gasteiger partial charge in [-0.2, -0.15) is 0 Å². The molecule has 31 heavy (non-hydrogen) atoms. The van der Waals surface area contributed by atoms with Gasteiger partial charge in [-0.25, -0.2) is 4.99 Å². The van der Waals surface area contributed by atoms with E-state index in [2.05, 4.69) is 15.6 Å². The molecule has 0 spiro atoms. The van der Waals surface area contributed by atoms with E-state index in [1.165, 1.54) is 0 Å². The van der Waals surface area contributed by atoms with Crippen LogP contribution in [0.2, 0.25) is 0 Å². The fraction of sp³-hybridized carbons (Fsp3) is 0.250. The van der Waals surface area contributed by atoms with Crippen molar-refractivity contribution in [3.63, 3.8) is 0 Å². The predicted molar refractivity (Wildman–Crippen MR) is 124 cm³/mol. The van der Waals surface area contributed by atoms with Crippen LogP contribution in [0.1, 0.15) is 25.0 Å². The van der Waals surface area contributed by atoms with Crippen LogP contribution in [-0.4, -0.2) is 32.8 Å². The molecule has 0 saturated carbocycles. The molecule has 1 aliphatic rings. The summed E-state index contributed by atoms with van der Waals surface area (Å²) in [5.74, 6) is 3.49. The maximum absolute atomic E-state index is 8.37. The van der Waals surface area contributed by atoms with Gasteiger partial charge >= 0.3 is 0 Å². The topological polar surface area (TPSA) is 88.0 Å². The van der Waals surface area contributed by atoms with Gasteiger partial charge in [-0.15, -0.1) is 0 Å². The molecule has 0 radical (unpaired) electrons. The molecule has 162 valence electrons. The van der Waals surface area contributed by atoms with E-state index < -0.39 is 0 Å². The van der Waals surface area contributed by atoms with E-state index in [0.717, 1.165) is 28.4 Å². The van der Waals surface area contributed by atoms with Crippen molar-refractivity contribution in [1.29, 1.82) is 5.41 Å². The third-order valence-electron chi connectivity index (χ3n) is 4.82. The van der Waals surface area contributed by atoms with E-state index in [9.17, 15) is 0 Å². The van der Waals surface area contributed by atoms with Crippen molar-refractivity contribution in [2.45, 2.75) is 20.4 Å². The molecule has 2 aromatic rings. The number of nitrogens with one attached hydrogen (secondary N) is 3. The van der Waals surface area contributed by atoms with E-state index in [0.29, 0.717) is 35.1 Å². The van der Waals surface area contributed by atoms with Crippen molar-refractivity contribution in [3.05, 3.63) is 71.3 Å². The summed E-state index contributed by atoms with van der Waals surface area (Å²) in [7, 11) is 4.85. The lowest BCUT2D eigenvalue weighted by Crippen LogP contribution is -2.30. The van der Waals surface area contributed by atoms with E-state index >= 15 is 0 Å². The van der Waals surface area contributed by atoms with Crippen LogP contribution in [-0.2, 0) is 6.54 Å². The summed E-state index contributed by atoms with van der Waals surface area (Å²) in [6.45, 7) is 4.31. The van der Waals surface area contributed by atoms with Crippen molar-refractivity contribution >= 4 is 17.0 Å². The number of benzene rings is 2. The SMILES string of the molecule is COc1ccc(CNC2=CC(C)=N/C(=C(/C(C)=N)c3ccc(OC)c(OC)c3)N2)cc1. The van der Waals surface area contributed by atoms with Gasteiger partial charge in [-0.1, -0.05) is 18.2 Å². The van der Waals surface area contributed by atoms with Crippen molar-refractivity contribution in [3.8, 4) is 17.2 Å². The first-order chi connectivity index (χ1) is 14.9. The maximum atomic E-state index is 8.37. The van der Waals surface area contributed by atoms with E-state index in [4.69, 9.17) is 19.6 Å². The van der Waals surface area contributed by atoms with Gasteiger partial charge < -0.3 is 30.3 Å². The quantitative estimate of drug-likeness (QED) is 0.559. The zero-order valence-electron chi connectivity index (χ0n) is 18.5. The fourth-order valence-corrected chi connectivity index (χ4v) is 3.29. The van der Waals surface area contributed by atoms with Crippen LogP contribution in [0.15, 0.2) is 65.2 Å². The average Bonchev–Trinajstić information content (AvgIpc) is 2.77. The summed E-state index contributed by atoms with van der Waals surface area (Å²) < 4.78 is 16.0. The molecule has 0 fully saturated rings. The van der Waals surface area contributed by atoms with Crippen LogP contribution in [0.4, 0.5) is 0 Å². The Morgan fingerprint density at radius 1 is 1.00 bits per heavy atom. The third-order valence-corrected chi connectivity index (χ3v) is 4.82. The molecule has 3 N–H and O–H groups in total. The van der Waals surface area contributed by atoms with E-state index in [-0.39, 0.29) is 0 Å². The molecule has 7 nitrogen and oxygen atoms in total. The molecule has 0 aromatic heterocycles. The van der Waals surface area contributed by atoms with Gasteiger partial charge in [-0.3, -0.25) is 0 Å². The van der Waals surface area contributed by atoms with E-state index in [1.807, 2.05) is 55.5 Å². The third kappa shape index (κ3) is 5.25. The molecular weight excluding hydrogens is 392 g/mol. The van der Waals surface area contributed by atoms with Crippen LogP contribution < -0.4 is 24.8 Å². The zero-order chi connectivity index (χ0) is 22.4. The molecule has 1 aliphatic heterocycles. The molecule has 7 heteroatoms. The molecule has 0 saturated heterocycles. The lowest BCUT2D eigenvalue weighted by molar-refractivity contribution is 0.355. The predicted octanol–water partition coefficient (Wildman–Crippen LogP) is 4.12. The molecule has 1 heterocycles. The van der Waals surface area contributed by atoms with Crippen LogP contribution in [0.25, 0.3) is 5.57 Å². The summed E-state index contributed by atoms with van der Waals surface area (Å²) in [5, 5.41) is 15.1. The Morgan fingerprint density at radius 3 is 2.32 bits per heavy atom. The zero-order valence-corrected chi connectivity index (χ0v) is 18.5. The molecule has 2 aromatic carbocycles. The van der Waals surface area contributed by atoms with Crippen LogP contribution in [0.5, 0.6) is 17.2 Å². The van der Waals surface area contributed by atoms with Crippen LogP contribution in [0.3, 0.4) is 0 Å². The minimum Gasteiger partial charge on any atom is -0.497 e. The summed E-state index contributed by atoms with van der Waals surface area (Å²) in [5.41, 5.74) is 3.86. The van der Waals surface area contributed by atoms with Crippen molar-refractivity contribution in [2.24, 2.45) is 4.99 Å². The molecule has 0 atom stereocenters. The van der Waals surface area contributed by atoms with Crippen molar-refractivity contribution in [2.75, 3.05) is 21.3 Å². The van der Waals surface area contributed by atoms with Gasteiger partial charge in [0.15, 0.2) is 11.5 Å². The Kier molecular flexibility index (Phi) is 6.97. The van der Waals surface area contributed by atoms with Gasteiger partial charge in [-0.05, 0) is 55.3 Å². The van der Waals surface area contributed by atoms with Gasteiger partial charge in [0.25, 0.3) is 0 Å². The lowest BCUT2D eigenvalue weighted by Gasteiger charge is -2.21. The smallest absolute Gasteiger partial charge is 0.161 e. The summed E-state index contributed by atoms with van der Waals surface area (Å²) in [6.07, 6.45) is 1.94. The molecule has 0 aliphatic carbocycles. The Balaban J connectivity index is 1.87. The Bertz CT molecular complexity index is 1050. The normalized spacial score (nSPS) is 14.6. The first-order valence-corrected chi connectivity index (χ1v) is 9.88. The highest BCUT2D eigenvalue weighted by molar-refractivity contribution is 6.22. The maximum Gasteiger partial charge on any atom is 0.161 e. The summed E-state index contributed by atoms with van der Waals surface area (Å²) in [4.78, 5) is 4.65. The first-order valence-electron chi connectivity index (χ1n) is 9.88. The highest BCUT2D eigenvalue weighted by Crippen LogP contribution is 2.32. The number of methoxy groups -OCH3 is 3. The molecule has 0 amide bonds. The van der Waals surface area contributed by atoms with Gasteiger partial charge in [0.1, 0.15) is 17.4 Å². The summed E-state index contributed by atoms with van der Waals surface area (Å²) in [6, 6.07) is 13.5. The minimum absolute atomic E-state index is 0.391. The van der Waals surface area contributed by atoms with E-state index in [1.54, 1.807) is 28.3 Å². The standard InChI is InChI=1S/C24H28N4O3/c1-15-12-22(26-14-17-6-9-19(29-3)10-7-17)28-24(27-15)23(16(2)25)18-8-11-20(30-4)21(13-18)31-5/h6-13,25-26,28H,14H2,1-5H3/b24-23+,25-16?. The van der Waals surface area contributed by atoms with Crippen LogP contribution >= 0.6 is 0 Å². The Hall–Kier alpha value is -3.74. The largest absolute Gasteiger partial charge is 0.497 e. The summed E-state index contributed by atoms with van der Waals surface area (Å²) >= 11 is 0. The Morgan fingerprint density at radius 2 is 1.71 bits per heavy atom. The highest BCUT2D eigenvalue weighted by Gasteiger charge is 2.18. The first kappa shape index (κ1) is 22.0. The van der Waals surface area contributed by atoms with Gasteiger partial charge in [0.2, 0.25) is 0 Å². The van der Waals surface area contributed by atoms with Crippen molar-refractivity contribution in [1.82, 2.24) is 10.6 Å². The number of ether oxygens (including phenoxy) is 3. The highest BCUT2D eigenvalue weighted by atomic mass is 16.5. The average molecular weight is 421 g/mol. The lowest BCUT2D eigenvalue weighted by atomic mass is 10.0. The molecule has 0 unspecified atom stereocenters. The number of hydrogen-bond donors (Lipinski definition) is 3. The number of aliphatic imine (C=N–C) groups is 1. The monoisotopic (exact) mass is 420 g/mol. The molecule has 0 bridgehead atoms. The number of hydrogen-bond acceptors (Lipinski definition) is 7. The molecule has 3 rings (SSSR count). The molecular formula is C24H28N4O3. The second-order valence-electron chi connectivity index (χ2n) is 7.06.